The molecule has 1 aromatic rings. The summed E-state index contributed by atoms with van der Waals surface area (Å²) in [5.74, 6) is 3.21. The fourth-order valence-corrected chi connectivity index (χ4v) is 2.39. The van der Waals surface area contributed by atoms with Gasteiger partial charge in [-0.2, -0.15) is 0 Å². The Kier molecular flexibility index (Phi) is 8.76. The van der Waals surface area contributed by atoms with Crippen LogP contribution in [-0.4, -0.2) is 23.4 Å². The van der Waals surface area contributed by atoms with Crippen LogP contribution < -0.4 is 10.5 Å². The first kappa shape index (κ1) is 19.5. The summed E-state index contributed by atoms with van der Waals surface area (Å²) >= 11 is 0. The maximum absolute atomic E-state index is 9.70. The third-order valence-corrected chi connectivity index (χ3v) is 4.17. The third-order valence-electron chi connectivity index (χ3n) is 4.17. The maximum atomic E-state index is 9.70. The molecular weight excluding hydrogens is 286 g/mol. The van der Waals surface area contributed by atoms with Gasteiger partial charge in [-0.25, -0.2) is 0 Å². The summed E-state index contributed by atoms with van der Waals surface area (Å²) in [5.41, 5.74) is 6.45. The van der Waals surface area contributed by atoms with Crippen molar-refractivity contribution < 1.29 is 9.84 Å². The van der Waals surface area contributed by atoms with Crippen LogP contribution in [0.4, 0.5) is 0 Å². The van der Waals surface area contributed by atoms with E-state index >= 15 is 0 Å². The van der Waals surface area contributed by atoms with Gasteiger partial charge in [-0.05, 0) is 43.9 Å². The molecule has 0 aliphatic heterocycles. The maximum Gasteiger partial charge on any atom is 0.132 e. The molecule has 3 nitrogen and oxygen atoms in total. The van der Waals surface area contributed by atoms with Gasteiger partial charge in [0.1, 0.15) is 11.9 Å². The third kappa shape index (κ3) is 7.54. The lowest BCUT2D eigenvalue weighted by atomic mass is 9.89. The number of aliphatic hydroxyl groups excluding tert-OH is 1. The second kappa shape index (κ2) is 10.3. The highest BCUT2D eigenvalue weighted by Gasteiger charge is 2.26. The minimum Gasteiger partial charge on any atom is -0.494 e. The van der Waals surface area contributed by atoms with Crippen LogP contribution in [-0.2, 0) is 6.42 Å². The molecule has 1 aromatic carbocycles. The largest absolute Gasteiger partial charge is 0.494 e. The van der Waals surface area contributed by atoms with E-state index in [0.29, 0.717) is 6.42 Å². The molecule has 0 amide bonds. The SMILES string of the molecule is C#CC(O)[C@](C)(N)CCc1ccc(OCCCCCCC)cc1. The minimum atomic E-state index is -0.919. The molecule has 0 aromatic heterocycles. The van der Waals surface area contributed by atoms with E-state index in [1.54, 1.807) is 6.92 Å². The topological polar surface area (TPSA) is 55.5 Å². The molecule has 0 heterocycles. The van der Waals surface area contributed by atoms with Crippen molar-refractivity contribution in [1.82, 2.24) is 0 Å². The number of aryl methyl sites for hydroxylation is 1. The molecule has 0 saturated heterocycles. The predicted octanol–water partition coefficient (Wildman–Crippen LogP) is 3.68. The van der Waals surface area contributed by atoms with E-state index < -0.39 is 11.6 Å². The molecule has 0 fully saturated rings. The van der Waals surface area contributed by atoms with Gasteiger partial charge in [0.25, 0.3) is 0 Å². The van der Waals surface area contributed by atoms with Crippen LogP contribution in [0.1, 0.15) is 57.9 Å². The first-order valence-corrected chi connectivity index (χ1v) is 8.64. The first-order chi connectivity index (χ1) is 11.0. The summed E-state index contributed by atoms with van der Waals surface area (Å²) in [6, 6.07) is 8.08. The molecule has 0 radical (unpaired) electrons. The van der Waals surface area contributed by atoms with E-state index in [-0.39, 0.29) is 0 Å². The highest BCUT2D eigenvalue weighted by molar-refractivity contribution is 5.27. The number of benzene rings is 1. The lowest BCUT2D eigenvalue weighted by molar-refractivity contribution is 0.139. The Balaban J connectivity index is 2.32. The summed E-state index contributed by atoms with van der Waals surface area (Å²) in [7, 11) is 0. The predicted molar refractivity (Wildman–Crippen MR) is 96.4 cm³/mol. The van der Waals surface area contributed by atoms with Crippen LogP contribution >= 0.6 is 0 Å². The molecule has 23 heavy (non-hydrogen) atoms. The Morgan fingerprint density at radius 3 is 2.48 bits per heavy atom. The molecule has 0 aliphatic carbocycles. The number of hydrogen-bond donors (Lipinski definition) is 2. The fourth-order valence-electron chi connectivity index (χ4n) is 2.39. The van der Waals surface area contributed by atoms with Crippen molar-refractivity contribution in [3.8, 4) is 18.1 Å². The molecule has 128 valence electrons. The first-order valence-electron chi connectivity index (χ1n) is 8.64. The van der Waals surface area contributed by atoms with Gasteiger partial charge >= 0.3 is 0 Å². The van der Waals surface area contributed by atoms with Crippen LogP contribution in [0.3, 0.4) is 0 Å². The van der Waals surface area contributed by atoms with Crippen molar-refractivity contribution in [3.63, 3.8) is 0 Å². The highest BCUT2D eigenvalue weighted by atomic mass is 16.5. The summed E-state index contributed by atoms with van der Waals surface area (Å²) in [4.78, 5) is 0. The van der Waals surface area contributed by atoms with Crippen molar-refractivity contribution in [2.45, 2.75) is 70.4 Å². The quantitative estimate of drug-likeness (QED) is 0.483. The Morgan fingerprint density at radius 1 is 1.22 bits per heavy atom. The lowest BCUT2D eigenvalue weighted by Gasteiger charge is -2.27. The number of aliphatic hydroxyl groups is 1. The Labute approximate surface area is 141 Å². The molecule has 1 rings (SSSR count). The highest BCUT2D eigenvalue weighted by Crippen LogP contribution is 2.18. The molecule has 0 bridgehead atoms. The zero-order valence-corrected chi connectivity index (χ0v) is 14.6. The minimum absolute atomic E-state index is 0.635. The fraction of sp³-hybridized carbons (Fsp3) is 0.600. The van der Waals surface area contributed by atoms with Crippen molar-refractivity contribution in [2.24, 2.45) is 5.73 Å². The molecule has 0 aliphatic rings. The van der Waals surface area contributed by atoms with Gasteiger partial charge in [0.2, 0.25) is 0 Å². The Hall–Kier alpha value is -1.50. The van der Waals surface area contributed by atoms with E-state index in [9.17, 15) is 5.11 Å². The average molecular weight is 317 g/mol. The van der Waals surface area contributed by atoms with Gasteiger partial charge in [-0.3, -0.25) is 0 Å². The molecule has 2 atom stereocenters. The van der Waals surface area contributed by atoms with E-state index in [2.05, 4.69) is 12.8 Å². The van der Waals surface area contributed by atoms with E-state index in [1.807, 2.05) is 24.3 Å². The van der Waals surface area contributed by atoms with E-state index in [1.165, 1.54) is 31.2 Å². The summed E-state index contributed by atoms with van der Waals surface area (Å²) in [5, 5.41) is 9.70. The van der Waals surface area contributed by atoms with E-state index in [4.69, 9.17) is 16.9 Å². The van der Waals surface area contributed by atoms with Crippen LogP contribution in [0.2, 0.25) is 0 Å². The lowest BCUT2D eigenvalue weighted by Crippen LogP contribution is -2.47. The molecule has 3 N–H and O–H groups in total. The summed E-state index contributed by atoms with van der Waals surface area (Å²) in [6.07, 6.45) is 11.9. The van der Waals surface area contributed by atoms with Gasteiger partial charge in [0, 0.05) is 0 Å². The molecular formula is C20H31NO2. The number of nitrogens with two attached hydrogens (primary N) is 1. The van der Waals surface area contributed by atoms with Crippen molar-refractivity contribution in [3.05, 3.63) is 29.8 Å². The van der Waals surface area contributed by atoms with Crippen LogP contribution in [0.25, 0.3) is 0 Å². The van der Waals surface area contributed by atoms with Crippen LogP contribution in [0, 0.1) is 12.3 Å². The van der Waals surface area contributed by atoms with Crippen molar-refractivity contribution >= 4 is 0 Å². The molecule has 0 spiro atoms. The molecule has 3 heteroatoms. The molecule has 1 unspecified atom stereocenters. The van der Waals surface area contributed by atoms with Crippen molar-refractivity contribution in [2.75, 3.05) is 6.61 Å². The van der Waals surface area contributed by atoms with Crippen LogP contribution in [0.15, 0.2) is 24.3 Å². The average Bonchev–Trinajstić information content (AvgIpc) is 2.56. The monoisotopic (exact) mass is 317 g/mol. The van der Waals surface area contributed by atoms with E-state index in [0.717, 1.165) is 25.2 Å². The Morgan fingerprint density at radius 2 is 1.87 bits per heavy atom. The summed E-state index contributed by atoms with van der Waals surface area (Å²) in [6.45, 7) is 4.78. The standard InChI is InChI=1S/C20H31NO2/c1-4-6-7-8-9-16-23-18-12-10-17(11-13-18)14-15-20(3,21)19(22)5-2/h2,10-13,19,22H,4,6-9,14-16,21H2,1,3H3/t19?,20-/m1/s1. The van der Waals surface area contributed by atoms with Crippen LogP contribution in [0.5, 0.6) is 5.75 Å². The number of hydrogen-bond acceptors (Lipinski definition) is 3. The smallest absolute Gasteiger partial charge is 0.132 e. The number of unbranched alkanes of at least 4 members (excludes halogenated alkanes) is 4. The normalized spacial score (nSPS) is 14.7. The number of terminal acetylenes is 1. The van der Waals surface area contributed by atoms with Gasteiger partial charge in [-0.1, -0.05) is 50.7 Å². The Bertz CT molecular complexity index is 473. The van der Waals surface area contributed by atoms with Gasteiger partial charge < -0.3 is 15.6 Å². The summed E-state index contributed by atoms with van der Waals surface area (Å²) < 4.78 is 5.75. The van der Waals surface area contributed by atoms with Crippen molar-refractivity contribution in [1.29, 1.82) is 0 Å². The zero-order chi connectivity index (χ0) is 17.1. The zero-order valence-electron chi connectivity index (χ0n) is 14.6. The second-order valence-corrected chi connectivity index (χ2v) is 6.48. The number of rotatable bonds is 11. The number of ether oxygens (including phenoxy) is 1. The molecule has 0 saturated carbocycles. The van der Waals surface area contributed by atoms with Gasteiger partial charge in [-0.15, -0.1) is 6.42 Å². The second-order valence-electron chi connectivity index (χ2n) is 6.48. The van der Waals surface area contributed by atoms with Gasteiger partial charge in [0.15, 0.2) is 0 Å². The van der Waals surface area contributed by atoms with Gasteiger partial charge in [0.05, 0.1) is 12.1 Å².